The highest BCUT2D eigenvalue weighted by Gasteiger charge is 2.38. The number of nitrogens with zero attached hydrogens (tertiary/aromatic N) is 2. The van der Waals surface area contributed by atoms with Crippen molar-refractivity contribution in [3.05, 3.63) is 77.4 Å². The Kier molecular flexibility index (Phi) is 4.73. The fraction of sp³-hybridized carbons (Fsp3) is 0.385. The normalized spacial score (nSPS) is 23.2. The third-order valence-electron chi connectivity index (χ3n) is 6.73. The quantitative estimate of drug-likeness (QED) is 0.473. The van der Waals surface area contributed by atoms with Crippen molar-refractivity contribution in [1.29, 1.82) is 0 Å². The maximum absolute atomic E-state index is 4.77. The lowest BCUT2D eigenvalue weighted by Gasteiger charge is -2.37. The molecular weight excluding hydrogens is 368 g/mol. The predicted molar refractivity (Wildman–Crippen MR) is 123 cm³/mol. The van der Waals surface area contributed by atoms with Crippen LogP contribution in [0.1, 0.15) is 57.3 Å². The van der Waals surface area contributed by atoms with E-state index in [0.717, 1.165) is 47.1 Å². The van der Waals surface area contributed by atoms with Crippen molar-refractivity contribution in [3.8, 4) is 0 Å². The minimum absolute atomic E-state index is 0.305. The highest BCUT2D eigenvalue weighted by Crippen LogP contribution is 2.52. The van der Waals surface area contributed by atoms with Crippen LogP contribution in [-0.2, 0) is 6.42 Å². The summed E-state index contributed by atoms with van der Waals surface area (Å²) in [6, 6.07) is 12.4. The number of nitrogens with one attached hydrogen (secondary N) is 2. The van der Waals surface area contributed by atoms with E-state index in [4.69, 9.17) is 4.98 Å². The number of aromatic amines is 1. The second-order valence-electron chi connectivity index (χ2n) is 9.69. The number of hydrogen-bond acceptors (Lipinski definition) is 3. The molecule has 2 aromatic heterocycles. The van der Waals surface area contributed by atoms with Gasteiger partial charge in [0.1, 0.15) is 11.6 Å². The number of allylic oxidation sites excluding steroid dienone is 3. The highest BCUT2D eigenvalue weighted by atomic mass is 15.0. The molecule has 0 spiro atoms. The van der Waals surface area contributed by atoms with Gasteiger partial charge in [0, 0.05) is 18.2 Å². The van der Waals surface area contributed by atoms with Crippen molar-refractivity contribution in [2.75, 3.05) is 5.32 Å². The molecule has 2 heterocycles. The van der Waals surface area contributed by atoms with E-state index in [1.165, 1.54) is 31.2 Å². The second kappa shape index (κ2) is 7.42. The van der Waals surface area contributed by atoms with Crippen molar-refractivity contribution in [1.82, 2.24) is 15.0 Å². The number of pyridine rings is 1. The van der Waals surface area contributed by atoms with E-state index < -0.39 is 0 Å². The van der Waals surface area contributed by atoms with Crippen molar-refractivity contribution < 1.29 is 0 Å². The van der Waals surface area contributed by atoms with Crippen LogP contribution in [0.4, 0.5) is 5.82 Å². The van der Waals surface area contributed by atoms with Gasteiger partial charge in [-0.05, 0) is 55.9 Å². The van der Waals surface area contributed by atoms with E-state index in [-0.39, 0.29) is 0 Å². The Bertz CT molecular complexity index is 1120. The Morgan fingerprint density at radius 3 is 2.90 bits per heavy atom. The van der Waals surface area contributed by atoms with Gasteiger partial charge in [0.15, 0.2) is 0 Å². The molecule has 2 N–H and O–H groups in total. The summed E-state index contributed by atoms with van der Waals surface area (Å²) in [5.74, 6) is 2.62. The zero-order chi connectivity index (χ0) is 20.7. The van der Waals surface area contributed by atoms with Crippen LogP contribution in [0.5, 0.6) is 0 Å². The van der Waals surface area contributed by atoms with Crippen LogP contribution in [0, 0.1) is 11.3 Å². The summed E-state index contributed by atoms with van der Waals surface area (Å²) in [7, 11) is 0. The highest BCUT2D eigenvalue weighted by molar-refractivity contribution is 5.77. The molecule has 0 radical (unpaired) electrons. The van der Waals surface area contributed by atoms with E-state index in [0.29, 0.717) is 5.41 Å². The number of anilines is 1. The largest absolute Gasteiger partial charge is 0.344 e. The zero-order valence-corrected chi connectivity index (χ0v) is 18.0. The van der Waals surface area contributed by atoms with Gasteiger partial charge in [-0.3, -0.25) is 0 Å². The van der Waals surface area contributed by atoms with Crippen molar-refractivity contribution in [3.63, 3.8) is 0 Å². The van der Waals surface area contributed by atoms with Crippen molar-refractivity contribution in [2.45, 2.75) is 52.4 Å². The summed E-state index contributed by atoms with van der Waals surface area (Å²) < 4.78 is 0. The minimum atomic E-state index is 0.305. The fourth-order valence-corrected chi connectivity index (χ4v) is 5.60. The molecule has 0 saturated heterocycles. The van der Waals surface area contributed by atoms with E-state index in [1.807, 2.05) is 18.3 Å². The van der Waals surface area contributed by atoms with E-state index in [9.17, 15) is 0 Å². The van der Waals surface area contributed by atoms with Gasteiger partial charge in [0.2, 0.25) is 0 Å². The zero-order valence-electron chi connectivity index (χ0n) is 18.0. The van der Waals surface area contributed by atoms with Crippen LogP contribution in [0.15, 0.2) is 66.0 Å². The standard InChI is InChI=1S/C26H30N4/c1-17-9-20-10-21(17)15-26(3,14-20)13-18(2)28-24-12-22-23(16-27-24)30-25(29-22)11-19-7-5-4-6-8-19/h4-8,12,16,20H,2,9-11,13-15H2,1,3H3,(H,27,28)(H,29,30). The van der Waals surface area contributed by atoms with Gasteiger partial charge >= 0.3 is 0 Å². The molecule has 1 saturated carbocycles. The lowest BCUT2D eigenvalue weighted by molar-refractivity contribution is 0.212. The van der Waals surface area contributed by atoms with Gasteiger partial charge in [-0.25, -0.2) is 9.97 Å². The van der Waals surface area contributed by atoms with Gasteiger partial charge in [0.25, 0.3) is 0 Å². The number of imidazole rings is 1. The number of benzene rings is 1. The van der Waals surface area contributed by atoms with E-state index in [2.05, 4.69) is 60.0 Å². The molecule has 2 atom stereocenters. The first-order valence-electron chi connectivity index (χ1n) is 11.0. The molecule has 4 nitrogen and oxygen atoms in total. The Morgan fingerprint density at radius 1 is 1.27 bits per heavy atom. The van der Waals surface area contributed by atoms with Crippen LogP contribution >= 0.6 is 0 Å². The Labute approximate surface area is 178 Å². The van der Waals surface area contributed by atoms with Gasteiger partial charge in [-0.15, -0.1) is 0 Å². The minimum Gasteiger partial charge on any atom is -0.344 e. The molecule has 2 bridgehead atoms. The maximum atomic E-state index is 4.77. The first kappa shape index (κ1) is 19.1. The third-order valence-corrected chi connectivity index (χ3v) is 6.73. The van der Waals surface area contributed by atoms with Gasteiger partial charge < -0.3 is 10.3 Å². The fourth-order valence-electron chi connectivity index (χ4n) is 5.60. The van der Waals surface area contributed by atoms with Crippen molar-refractivity contribution in [2.24, 2.45) is 11.3 Å². The number of hydrogen-bond donors (Lipinski definition) is 2. The van der Waals surface area contributed by atoms with E-state index in [1.54, 1.807) is 11.1 Å². The van der Waals surface area contributed by atoms with Gasteiger partial charge in [-0.2, -0.15) is 0 Å². The van der Waals surface area contributed by atoms with Crippen LogP contribution in [0.2, 0.25) is 0 Å². The lowest BCUT2D eigenvalue weighted by atomic mass is 9.69. The molecule has 1 aromatic carbocycles. The van der Waals surface area contributed by atoms with Crippen LogP contribution in [0.25, 0.3) is 11.0 Å². The Hall–Kier alpha value is -2.88. The van der Waals surface area contributed by atoms with Gasteiger partial charge in [-0.1, -0.05) is 55.0 Å². The molecule has 2 aliphatic carbocycles. The molecule has 4 heteroatoms. The second-order valence-corrected chi connectivity index (χ2v) is 9.69. The average molecular weight is 399 g/mol. The summed E-state index contributed by atoms with van der Waals surface area (Å²) in [4.78, 5) is 12.7. The first-order chi connectivity index (χ1) is 14.5. The number of aromatic nitrogens is 3. The monoisotopic (exact) mass is 398 g/mol. The summed E-state index contributed by atoms with van der Waals surface area (Å²) in [6.07, 6.45) is 8.77. The molecule has 0 amide bonds. The summed E-state index contributed by atoms with van der Waals surface area (Å²) in [6.45, 7) is 9.07. The Morgan fingerprint density at radius 2 is 2.10 bits per heavy atom. The maximum Gasteiger partial charge on any atom is 0.132 e. The lowest BCUT2D eigenvalue weighted by Crippen LogP contribution is -2.26. The SMILES string of the molecule is C=C(CC1(C)CC2=C(C)CC(C2)C1)Nc1cc2nc(Cc3ccccc3)[nH]c2cn1. The van der Waals surface area contributed by atoms with Crippen LogP contribution < -0.4 is 5.32 Å². The first-order valence-corrected chi connectivity index (χ1v) is 11.0. The topological polar surface area (TPSA) is 53.6 Å². The average Bonchev–Trinajstić information content (AvgIpc) is 3.20. The smallest absolute Gasteiger partial charge is 0.132 e. The molecule has 2 unspecified atom stereocenters. The number of H-pyrrole nitrogens is 1. The van der Waals surface area contributed by atoms with Crippen LogP contribution in [0.3, 0.4) is 0 Å². The summed E-state index contributed by atoms with van der Waals surface area (Å²) in [5, 5.41) is 3.45. The molecule has 2 aliphatic rings. The molecule has 154 valence electrons. The number of fused-ring (bicyclic) bond motifs is 3. The van der Waals surface area contributed by atoms with Crippen LogP contribution in [-0.4, -0.2) is 15.0 Å². The molecule has 3 aromatic rings. The van der Waals surface area contributed by atoms with E-state index >= 15 is 0 Å². The summed E-state index contributed by atoms with van der Waals surface area (Å²) in [5.41, 5.74) is 7.84. The molecule has 30 heavy (non-hydrogen) atoms. The third kappa shape index (κ3) is 3.91. The molecule has 1 fully saturated rings. The molecule has 5 rings (SSSR count). The van der Waals surface area contributed by atoms with Gasteiger partial charge in [0.05, 0.1) is 17.2 Å². The molecule has 0 aliphatic heterocycles. The van der Waals surface area contributed by atoms with Crippen molar-refractivity contribution >= 4 is 16.9 Å². The predicted octanol–water partition coefficient (Wildman–Crippen LogP) is 6.39. The molecular formula is C26H30N4. The summed E-state index contributed by atoms with van der Waals surface area (Å²) >= 11 is 0. The Balaban J connectivity index is 1.26. The number of rotatable bonds is 6.